The molecule has 0 spiro atoms. The molecule has 1 fully saturated rings. The average Bonchev–Trinajstić information content (AvgIpc) is 2.92. The Bertz CT molecular complexity index is 824. The summed E-state index contributed by atoms with van der Waals surface area (Å²) in [6.07, 6.45) is 4.85. The topological polar surface area (TPSA) is 80.4 Å². The van der Waals surface area contributed by atoms with Crippen molar-refractivity contribution in [3.05, 3.63) is 28.0 Å². The Morgan fingerprint density at radius 1 is 1.48 bits per heavy atom. The molecular formula is C18H26N4O3. The van der Waals surface area contributed by atoms with E-state index in [9.17, 15) is 9.59 Å². The van der Waals surface area contributed by atoms with Gasteiger partial charge >= 0.3 is 0 Å². The van der Waals surface area contributed by atoms with Crippen molar-refractivity contribution in [2.24, 2.45) is 13.0 Å². The Morgan fingerprint density at radius 2 is 2.28 bits per heavy atom. The molecule has 7 nitrogen and oxygen atoms in total. The first-order valence-corrected chi connectivity index (χ1v) is 8.92. The van der Waals surface area contributed by atoms with Crippen molar-refractivity contribution in [1.82, 2.24) is 19.8 Å². The van der Waals surface area contributed by atoms with Crippen molar-refractivity contribution >= 4 is 17.0 Å². The maximum absolute atomic E-state index is 12.5. The van der Waals surface area contributed by atoms with Gasteiger partial charge in [-0.1, -0.05) is 6.92 Å². The van der Waals surface area contributed by atoms with Gasteiger partial charge in [-0.2, -0.15) is 0 Å². The summed E-state index contributed by atoms with van der Waals surface area (Å²) >= 11 is 0. The van der Waals surface area contributed by atoms with Gasteiger partial charge in [0.05, 0.1) is 5.56 Å². The second kappa shape index (κ2) is 7.39. The number of furan rings is 1. The predicted octanol–water partition coefficient (Wildman–Crippen LogP) is 1.69. The number of carbonyl (C=O) groups is 1. The van der Waals surface area contributed by atoms with Gasteiger partial charge < -0.3 is 19.2 Å². The number of piperidine rings is 1. The zero-order valence-corrected chi connectivity index (χ0v) is 15.2. The standard InChI is InChI=1S/C18H26N4O3/c1-12-6-4-8-22(10-12)9-5-7-19-16(23)14-13(2)25-17-15(14)18(24)21(3)11-20-17/h11-12H,4-10H2,1-3H3,(H,19,23)/t12-/m1/s1. The molecule has 136 valence electrons. The van der Waals surface area contributed by atoms with Crippen LogP contribution in [0.15, 0.2) is 15.5 Å². The number of nitrogens with zero attached hydrogens (tertiary/aromatic N) is 3. The molecule has 0 saturated carbocycles. The van der Waals surface area contributed by atoms with E-state index in [-0.39, 0.29) is 22.6 Å². The van der Waals surface area contributed by atoms with Gasteiger partial charge in [0, 0.05) is 20.1 Å². The Labute approximate surface area is 147 Å². The molecule has 0 aromatic carbocycles. The number of likely N-dealkylation sites (tertiary alicyclic amines) is 1. The van der Waals surface area contributed by atoms with E-state index in [1.807, 2.05) is 0 Å². The molecule has 0 aliphatic carbocycles. The fourth-order valence-electron chi connectivity index (χ4n) is 3.54. The third-order valence-electron chi connectivity index (χ3n) is 4.85. The van der Waals surface area contributed by atoms with Crippen LogP contribution in [-0.2, 0) is 7.05 Å². The van der Waals surface area contributed by atoms with E-state index in [1.165, 1.54) is 23.7 Å². The van der Waals surface area contributed by atoms with Crippen molar-refractivity contribution in [3.8, 4) is 0 Å². The summed E-state index contributed by atoms with van der Waals surface area (Å²) in [7, 11) is 1.61. The van der Waals surface area contributed by atoms with Crippen LogP contribution in [0.4, 0.5) is 0 Å². The zero-order valence-electron chi connectivity index (χ0n) is 15.2. The van der Waals surface area contributed by atoms with E-state index in [0.717, 1.165) is 32.0 Å². The molecular weight excluding hydrogens is 320 g/mol. The third-order valence-corrected chi connectivity index (χ3v) is 4.85. The lowest BCUT2D eigenvalue weighted by atomic mass is 10.0. The minimum Gasteiger partial charge on any atom is -0.442 e. The van der Waals surface area contributed by atoms with Crippen LogP contribution in [0.3, 0.4) is 0 Å². The van der Waals surface area contributed by atoms with E-state index in [4.69, 9.17) is 4.42 Å². The Balaban J connectivity index is 1.62. The number of hydrogen-bond acceptors (Lipinski definition) is 5. The van der Waals surface area contributed by atoms with Gasteiger partial charge in [-0.3, -0.25) is 9.59 Å². The molecule has 3 heterocycles. The van der Waals surface area contributed by atoms with Crippen molar-refractivity contribution < 1.29 is 9.21 Å². The van der Waals surface area contributed by atoms with E-state index in [1.54, 1.807) is 14.0 Å². The summed E-state index contributed by atoms with van der Waals surface area (Å²) < 4.78 is 6.83. The van der Waals surface area contributed by atoms with Gasteiger partial charge in [0.15, 0.2) is 0 Å². The maximum atomic E-state index is 12.5. The van der Waals surface area contributed by atoms with E-state index in [0.29, 0.717) is 17.9 Å². The van der Waals surface area contributed by atoms with Crippen molar-refractivity contribution in [2.45, 2.75) is 33.1 Å². The summed E-state index contributed by atoms with van der Waals surface area (Å²) in [6.45, 7) is 7.82. The minimum absolute atomic E-state index is 0.216. The molecule has 1 aliphatic heterocycles. The fraction of sp³-hybridized carbons (Fsp3) is 0.611. The first-order chi connectivity index (χ1) is 12.0. The van der Waals surface area contributed by atoms with E-state index in [2.05, 4.69) is 22.1 Å². The van der Waals surface area contributed by atoms with Crippen LogP contribution in [-0.4, -0.2) is 46.5 Å². The minimum atomic E-state index is -0.270. The highest BCUT2D eigenvalue weighted by Crippen LogP contribution is 2.20. The van der Waals surface area contributed by atoms with Crippen LogP contribution in [0.5, 0.6) is 0 Å². The number of aryl methyl sites for hydroxylation is 2. The number of nitrogens with one attached hydrogen (secondary N) is 1. The molecule has 1 saturated heterocycles. The second-order valence-corrected chi connectivity index (χ2v) is 7.03. The van der Waals surface area contributed by atoms with Gasteiger partial charge in [0.2, 0.25) is 5.71 Å². The number of rotatable bonds is 5. The lowest BCUT2D eigenvalue weighted by molar-refractivity contribution is 0.0950. The first kappa shape index (κ1) is 17.7. The van der Waals surface area contributed by atoms with Crippen LogP contribution in [0.2, 0.25) is 0 Å². The summed E-state index contributed by atoms with van der Waals surface area (Å²) in [5, 5.41) is 3.17. The Hall–Kier alpha value is -2.15. The lowest BCUT2D eigenvalue weighted by Gasteiger charge is -2.30. The highest BCUT2D eigenvalue weighted by atomic mass is 16.3. The highest BCUT2D eigenvalue weighted by Gasteiger charge is 2.22. The van der Waals surface area contributed by atoms with Crippen molar-refractivity contribution in [2.75, 3.05) is 26.2 Å². The van der Waals surface area contributed by atoms with Crippen molar-refractivity contribution in [1.29, 1.82) is 0 Å². The maximum Gasteiger partial charge on any atom is 0.265 e. The lowest BCUT2D eigenvalue weighted by Crippen LogP contribution is -2.36. The summed E-state index contributed by atoms with van der Waals surface area (Å²) in [6, 6.07) is 0. The zero-order chi connectivity index (χ0) is 18.0. The van der Waals surface area contributed by atoms with E-state index >= 15 is 0 Å². The summed E-state index contributed by atoms with van der Waals surface area (Å²) in [5.74, 6) is 0.911. The molecule has 7 heteroatoms. The quantitative estimate of drug-likeness (QED) is 0.833. The molecule has 0 radical (unpaired) electrons. The SMILES string of the molecule is Cc1oc2ncn(C)c(=O)c2c1C(=O)NCCCN1CCC[C@@H](C)C1. The molecule has 1 amide bonds. The van der Waals surface area contributed by atoms with Crippen LogP contribution < -0.4 is 10.9 Å². The molecule has 1 N–H and O–H groups in total. The number of aromatic nitrogens is 2. The number of amides is 1. The molecule has 1 aliphatic rings. The first-order valence-electron chi connectivity index (χ1n) is 8.92. The van der Waals surface area contributed by atoms with Gasteiger partial charge in [0.1, 0.15) is 17.5 Å². The highest BCUT2D eigenvalue weighted by molar-refractivity contribution is 6.06. The van der Waals surface area contributed by atoms with Crippen LogP contribution in [0.1, 0.15) is 42.3 Å². The summed E-state index contributed by atoms with van der Waals surface area (Å²) in [5.41, 5.74) is 0.248. The third kappa shape index (κ3) is 3.76. The molecule has 1 atom stereocenters. The second-order valence-electron chi connectivity index (χ2n) is 7.03. The number of fused-ring (bicyclic) bond motifs is 1. The molecule has 2 aromatic heterocycles. The number of carbonyl (C=O) groups excluding carboxylic acids is 1. The van der Waals surface area contributed by atoms with Gasteiger partial charge in [-0.15, -0.1) is 0 Å². The largest absolute Gasteiger partial charge is 0.442 e. The summed E-state index contributed by atoms with van der Waals surface area (Å²) in [4.78, 5) is 31.4. The molecule has 2 aromatic rings. The van der Waals surface area contributed by atoms with E-state index < -0.39 is 0 Å². The monoisotopic (exact) mass is 346 g/mol. The van der Waals surface area contributed by atoms with Crippen molar-refractivity contribution in [3.63, 3.8) is 0 Å². The average molecular weight is 346 g/mol. The Kier molecular flexibility index (Phi) is 5.22. The smallest absolute Gasteiger partial charge is 0.265 e. The van der Waals surface area contributed by atoms with Gasteiger partial charge in [0.25, 0.3) is 11.5 Å². The normalized spacial score (nSPS) is 18.6. The molecule has 25 heavy (non-hydrogen) atoms. The molecule has 0 unspecified atom stereocenters. The molecule has 0 bridgehead atoms. The Morgan fingerprint density at radius 3 is 3.04 bits per heavy atom. The van der Waals surface area contributed by atoms with Gasteiger partial charge in [-0.25, -0.2) is 4.98 Å². The van der Waals surface area contributed by atoms with Crippen LogP contribution in [0, 0.1) is 12.8 Å². The fourth-order valence-corrected chi connectivity index (χ4v) is 3.54. The predicted molar refractivity (Wildman–Crippen MR) is 95.8 cm³/mol. The van der Waals surface area contributed by atoms with Crippen LogP contribution in [0.25, 0.3) is 11.1 Å². The van der Waals surface area contributed by atoms with Crippen LogP contribution >= 0.6 is 0 Å². The van der Waals surface area contributed by atoms with Gasteiger partial charge in [-0.05, 0) is 45.2 Å². The number of hydrogen-bond donors (Lipinski definition) is 1. The molecule has 3 rings (SSSR count).